The van der Waals surface area contributed by atoms with Crippen molar-refractivity contribution in [2.45, 2.75) is 20.3 Å². The maximum atomic E-state index is 12.5. The SMILES string of the molecule is COCCOC(=O)c1c(C)[nH]c(C(=O)Nc2nnc(C(F)F)s2)c1C. The number of aromatic amines is 1. The van der Waals surface area contributed by atoms with E-state index in [0.717, 1.165) is 0 Å². The number of carbonyl (C=O) groups is 2. The van der Waals surface area contributed by atoms with Crippen LogP contribution in [0.5, 0.6) is 0 Å². The monoisotopic (exact) mass is 374 g/mol. The van der Waals surface area contributed by atoms with Crippen molar-refractivity contribution in [2.75, 3.05) is 25.6 Å². The number of hydrogen-bond acceptors (Lipinski definition) is 7. The standard InChI is InChI=1S/C14H16F2N4O4S/c1-6-8(13(22)24-5-4-23-3)7(2)17-9(6)11(21)18-14-20-19-12(25-14)10(15)16/h10,17H,4-5H2,1-3H3,(H,18,20,21). The van der Waals surface area contributed by atoms with Crippen molar-refractivity contribution in [3.8, 4) is 0 Å². The maximum Gasteiger partial charge on any atom is 0.340 e. The molecule has 8 nitrogen and oxygen atoms in total. The second kappa shape index (κ2) is 8.12. The summed E-state index contributed by atoms with van der Waals surface area (Å²) in [5, 5.41) is 8.60. The molecule has 0 fully saturated rings. The van der Waals surface area contributed by atoms with Gasteiger partial charge in [-0.2, -0.15) is 0 Å². The quantitative estimate of drug-likeness (QED) is 0.570. The smallest absolute Gasteiger partial charge is 0.340 e. The van der Waals surface area contributed by atoms with Gasteiger partial charge in [-0.05, 0) is 19.4 Å². The molecule has 0 aliphatic carbocycles. The third-order valence-electron chi connectivity index (χ3n) is 3.24. The van der Waals surface area contributed by atoms with Crippen LogP contribution in [0.1, 0.15) is 43.5 Å². The Kier molecular flexibility index (Phi) is 6.15. The molecule has 0 unspecified atom stereocenters. The highest BCUT2D eigenvalue weighted by molar-refractivity contribution is 7.15. The Morgan fingerprint density at radius 1 is 1.28 bits per heavy atom. The number of carbonyl (C=O) groups excluding carboxylic acids is 2. The lowest BCUT2D eigenvalue weighted by Gasteiger charge is -2.05. The number of nitrogens with zero attached hydrogens (tertiary/aromatic N) is 2. The van der Waals surface area contributed by atoms with Gasteiger partial charge in [0.2, 0.25) is 5.13 Å². The van der Waals surface area contributed by atoms with Crippen LogP contribution in [0.2, 0.25) is 0 Å². The largest absolute Gasteiger partial charge is 0.460 e. The average molecular weight is 374 g/mol. The minimum absolute atomic E-state index is 0.0591. The minimum atomic E-state index is -2.76. The summed E-state index contributed by atoms with van der Waals surface area (Å²) in [6, 6.07) is 0. The first-order valence-corrected chi connectivity index (χ1v) is 7.95. The zero-order valence-corrected chi connectivity index (χ0v) is 14.5. The fourth-order valence-corrected chi connectivity index (χ4v) is 2.70. The molecule has 2 rings (SSSR count). The van der Waals surface area contributed by atoms with Crippen molar-refractivity contribution in [3.05, 3.63) is 27.5 Å². The molecule has 0 saturated carbocycles. The van der Waals surface area contributed by atoms with Crippen molar-refractivity contribution in [2.24, 2.45) is 0 Å². The molecule has 11 heteroatoms. The Hall–Kier alpha value is -2.40. The van der Waals surface area contributed by atoms with Crippen molar-refractivity contribution < 1.29 is 27.8 Å². The molecule has 2 N–H and O–H groups in total. The molecule has 0 aliphatic rings. The Morgan fingerprint density at radius 2 is 2.00 bits per heavy atom. The van der Waals surface area contributed by atoms with Crippen molar-refractivity contribution >= 4 is 28.3 Å². The van der Waals surface area contributed by atoms with E-state index in [0.29, 0.717) is 22.6 Å². The van der Waals surface area contributed by atoms with Crippen molar-refractivity contribution in [1.29, 1.82) is 0 Å². The van der Waals surface area contributed by atoms with Crippen molar-refractivity contribution in [3.63, 3.8) is 0 Å². The van der Waals surface area contributed by atoms with E-state index >= 15 is 0 Å². The summed E-state index contributed by atoms with van der Waals surface area (Å²) < 4.78 is 34.9. The number of aryl methyl sites for hydroxylation is 1. The summed E-state index contributed by atoms with van der Waals surface area (Å²) in [4.78, 5) is 27.2. The molecule has 0 aliphatic heterocycles. The highest BCUT2D eigenvalue weighted by Crippen LogP contribution is 2.26. The zero-order chi connectivity index (χ0) is 18.6. The number of methoxy groups -OCH3 is 1. The fraction of sp³-hybridized carbons (Fsp3) is 0.429. The van der Waals surface area contributed by atoms with E-state index in [9.17, 15) is 18.4 Å². The third kappa shape index (κ3) is 4.37. The van der Waals surface area contributed by atoms with Crippen LogP contribution in [0.3, 0.4) is 0 Å². The molecule has 0 spiro atoms. The predicted octanol–water partition coefficient (Wildman–Crippen LogP) is 2.48. The molecule has 0 radical (unpaired) electrons. The molecule has 0 aromatic carbocycles. The predicted molar refractivity (Wildman–Crippen MR) is 85.2 cm³/mol. The topological polar surface area (TPSA) is 106 Å². The van der Waals surface area contributed by atoms with E-state index in [2.05, 4.69) is 20.5 Å². The van der Waals surface area contributed by atoms with E-state index in [-0.39, 0.29) is 29.6 Å². The Morgan fingerprint density at radius 3 is 2.60 bits per heavy atom. The third-order valence-corrected chi connectivity index (χ3v) is 4.08. The first-order chi connectivity index (χ1) is 11.8. The van der Waals surface area contributed by atoms with Gasteiger partial charge in [-0.1, -0.05) is 11.3 Å². The number of nitrogens with one attached hydrogen (secondary N) is 2. The highest BCUT2D eigenvalue weighted by atomic mass is 32.1. The molecule has 2 aromatic heterocycles. The second-order valence-corrected chi connectivity index (χ2v) is 5.96. The average Bonchev–Trinajstić information content (AvgIpc) is 3.12. The molecular weight excluding hydrogens is 358 g/mol. The van der Waals surface area contributed by atoms with E-state index in [1.165, 1.54) is 7.11 Å². The zero-order valence-electron chi connectivity index (χ0n) is 13.7. The number of amides is 1. The second-order valence-electron chi connectivity index (χ2n) is 4.95. The van der Waals surface area contributed by atoms with Gasteiger partial charge in [0.1, 0.15) is 12.3 Å². The lowest BCUT2D eigenvalue weighted by Crippen LogP contribution is -2.14. The normalized spacial score (nSPS) is 11.0. The van der Waals surface area contributed by atoms with Gasteiger partial charge < -0.3 is 14.5 Å². The molecule has 0 bridgehead atoms. The van der Waals surface area contributed by atoms with Crippen LogP contribution in [0.15, 0.2) is 0 Å². The number of halogens is 2. The van der Waals surface area contributed by atoms with Crippen LogP contribution >= 0.6 is 11.3 Å². The molecule has 136 valence electrons. The van der Waals surface area contributed by atoms with Crippen LogP contribution < -0.4 is 5.32 Å². The van der Waals surface area contributed by atoms with Crippen LogP contribution in [0.25, 0.3) is 0 Å². The molecule has 0 saturated heterocycles. The lowest BCUT2D eigenvalue weighted by atomic mass is 10.1. The fourth-order valence-electron chi connectivity index (χ4n) is 2.11. The van der Waals surface area contributed by atoms with Crippen molar-refractivity contribution in [1.82, 2.24) is 15.2 Å². The number of H-pyrrole nitrogens is 1. The molecule has 1 amide bonds. The summed E-state index contributed by atoms with van der Waals surface area (Å²) in [5.74, 6) is -1.20. The minimum Gasteiger partial charge on any atom is -0.460 e. The van der Waals surface area contributed by atoms with Crippen LogP contribution in [-0.2, 0) is 9.47 Å². The van der Waals surface area contributed by atoms with Gasteiger partial charge in [-0.25, -0.2) is 13.6 Å². The van der Waals surface area contributed by atoms with Gasteiger partial charge in [0.15, 0.2) is 5.01 Å². The van der Waals surface area contributed by atoms with Gasteiger partial charge >= 0.3 is 5.97 Å². The number of aromatic nitrogens is 3. The van der Waals surface area contributed by atoms with Crippen LogP contribution in [0.4, 0.5) is 13.9 Å². The van der Waals surface area contributed by atoms with E-state index in [1.807, 2.05) is 0 Å². The van der Waals surface area contributed by atoms with Gasteiger partial charge in [-0.15, -0.1) is 10.2 Å². The number of rotatable bonds is 7. The summed E-state index contributed by atoms with van der Waals surface area (Å²) >= 11 is 0.577. The number of esters is 1. The van der Waals surface area contributed by atoms with Gasteiger partial charge in [0, 0.05) is 12.8 Å². The summed E-state index contributed by atoms with van der Waals surface area (Å²) in [6.45, 7) is 3.54. The number of alkyl halides is 2. The lowest BCUT2D eigenvalue weighted by molar-refractivity contribution is 0.0386. The number of anilines is 1. The molecule has 25 heavy (non-hydrogen) atoms. The Labute approximate surface area is 145 Å². The molecule has 2 heterocycles. The first-order valence-electron chi connectivity index (χ1n) is 7.13. The Balaban J connectivity index is 2.14. The highest BCUT2D eigenvalue weighted by Gasteiger charge is 2.24. The van der Waals surface area contributed by atoms with Gasteiger partial charge in [0.05, 0.1) is 12.2 Å². The number of ether oxygens (including phenoxy) is 2. The maximum absolute atomic E-state index is 12.5. The number of hydrogen-bond donors (Lipinski definition) is 2. The van der Waals surface area contributed by atoms with E-state index in [4.69, 9.17) is 9.47 Å². The van der Waals surface area contributed by atoms with Gasteiger partial charge in [-0.3, -0.25) is 10.1 Å². The van der Waals surface area contributed by atoms with Crippen LogP contribution in [0, 0.1) is 13.8 Å². The first kappa shape index (κ1) is 18.9. The Bertz CT molecular complexity index is 775. The summed E-state index contributed by atoms with van der Waals surface area (Å²) in [6.07, 6.45) is -2.76. The van der Waals surface area contributed by atoms with E-state index < -0.39 is 23.3 Å². The summed E-state index contributed by atoms with van der Waals surface area (Å²) in [5.41, 5.74) is 1.20. The molecular formula is C14H16F2N4O4S. The molecule has 2 aromatic rings. The molecule has 0 atom stereocenters. The van der Waals surface area contributed by atoms with E-state index in [1.54, 1.807) is 13.8 Å². The van der Waals surface area contributed by atoms with Crippen LogP contribution in [-0.4, -0.2) is 47.4 Å². The summed E-state index contributed by atoms with van der Waals surface area (Å²) in [7, 11) is 1.48. The van der Waals surface area contributed by atoms with Gasteiger partial charge in [0.25, 0.3) is 12.3 Å².